The minimum absolute atomic E-state index is 0.0654. The number of aliphatic hydroxyl groups is 1. The smallest absolute Gasteiger partial charge is 0.220 e. The number of hydrogen-bond donors (Lipinski definition) is 2. The molecule has 2 rings (SSSR count). The van der Waals surface area contributed by atoms with Crippen LogP contribution in [0, 0.1) is 0 Å². The first-order chi connectivity index (χ1) is 7.14. The van der Waals surface area contributed by atoms with Crippen LogP contribution in [0.5, 0.6) is 5.75 Å². The molecule has 1 aliphatic rings. The molecule has 1 atom stereocenters. The van der Waals surface area contributed by atoms with Gasteiger partial charge in [0.25, 0.3) is 0 Å². The molecular formula is C11H13NO3. The number of aliphatic hydroxyl groups excluding tert-OH is 1. The first kappa shape index (κ1) is 9.98. The van der Waals surface area contributed by atoms with Crippen molar-refractivity contribution < 1.29 is 14.9 Å². The third-order valence-corrected chi connectivity index (χ3v) is 2.37. The van der Waals surface area contributed by atoms with Gasteiger partial charge in [-0.3, -0.25) is 0 Å². The average Bonchev–Trinajstić information content (AvgIpc) is 2.63. The van der Waals surface area contributed by atoms with Crippen molar-refractivity contribution in [2.75, 3.05) is 13.2 Å². The summed E-state index contributed by atoms with van der Waals surface area (Å²) < 4.78 is 5.36. The molecule has 15 heavy (non-hydrogen) atoms. The van der Waals surface area contributed by atoms with E-state index in [1.807, 2.05) is 0 Å². The summed E-state index contributed by atoms with van der Waals surface area (Å²) in [5.74, 6) is 0.531. The Morgan fingerprint density at radius 2 is 2.20 bits per heavy atom. The largest absolute Gasteiger partial charge is 0.507 e. The predicted octanol–water partition coefficient (Wildman–Crippen LogP) is 0.920. The number of phenolic OH excluding ortho intramolecular Hbond substituents is 1. The lowest BCUT2D eigenvalue weighted by atomic mass is 10.1. The van der Waals surface area contributed by atoms with Crippen LogP contribution >= 0.6 is 0 Å². The number of rotatable bonds is 2. The lowest BCUT2D eigenvalue weighted by Gasteiger charge is -2.12. The molecule has 2 N–H and O–H groups in total. The number of aliphatic imine (C=N–C) groups is 1. The predicted molar refractivity (Wildman–Crippen MR) is 56.1 cm³/mol. The standard InChI is InChI=1S/C11H13NO3/c1-11(6-13)7-15-10(12-11)8-4-2-3-5-9(8)14/h2-5,13-14H,6-7H2,1H3. The Morgan fingerprint density at radius 1 is 1.47 bits per heavy atom. The maximum Gasteiger partial charge on any atom is 0.220 e. The fourth-order valence-corrected chi connectivity index (χ4v) is 1.41. The van der Waals surface area contributed by atoms with Crippen LogP contribution in [0.2, 0.25) is 0 Å². The van der Waals surface area contributed by atoms with Crippen LogP contribution in [0.15, 0.2) is 29.3 Å². The normalized spacial score (nSPS) is 24.8. The van der Waals surface area contributed by atoms with Crippen molar-refractivity contribution in [2.45, 2.75) is 12.5 Å². The number of nitrogens with zero attached hydrogens (tertiary/aromatic N) is 1. The van der Waals surface area contributed by atoms with E-state index in [1.165, 1.54) is 0 Å². The van der Waals surface area contributed by atoms with E-state index >= 15 is 0 Å². The summed E-state index contributed by atoms with van der Waals surface area (Å²) in [6.45, 7) is 2.08. The van der Waals surface area contributed by atoms with E-state index in [2.05, 4.69) is 4.99 Å². The van der Waals surface area contributed by atoms with Crippen molar-refractivity contribution in [3.63, 3.8) is 0 Å². The van der Waals surface area contributed by atoms with E-state index in [4.69, 9.17) is 9.84 Å². The third-order valence-electron chi connectivity index (χ3n) is 2.37. The van der Waals surface area contributed by atoms with Crippen LogP contribution in [0.3, 0.4) is 0 Å². The molecular weight excluding hydrogens is 194 g/mol. The number of hydrogen-bond acceptors (Lipinski definition) is 4. The number of phenols is 1. The Hall–Kier alpha value is -1.55. The van der Waals surface area contributed by atoms with Crippen molar-refractivity contribution in [1.82, 2.24) is 0 Å². The zero-order valence-corrected chi connectivity index (χ0v) is 8.47. The van der Waals surface area contributed by atoms with Crippen LogP contribution in [0.4, 0.5) is 0 Å². The van der Waals surface area contributed by atoms with Crippen LogP contribution < -0.4 is 0 Å². The van der Waals surface area contributed by atoms with Gasteiger partial charge < -0.3 is 14.9 Å². The molecule has 0 saturated carbocycles. The Bertz CT molecular complexity index is 403. The van der Waals surface area contributed by atoms with Crippen LogP contribution in [-0.4, -0.2) is 34.9 Å². The molecule has 4 nitrogen and oxygen atoms in total. The fraction of sp³-hybridized carbons (Fsp3) is 0.364. The molecule has 1 aliphatic heterocycles. The maximum atomic E-state index is 9.59. The Morgan fingerprint density at radius 3 is 2.80 bits per heavy atom. The zero-order chi connectivity index (χ0) is 10.9. The minimum Gasteiger partial charge on any atom is -0.507 e. The summed E-state index contributed by atoms with van der Waals surface area (Å²) in [6, 6.07) is 6.85. The lowest BCUT2D eigenvalue weighted by Crippen LogP contribution is -2.28. The van der Waals surface area contributed by atoms with Gasteiger partial charge in [-0.15, -0.1) is 0 Å². The van der Waals surface area contributed by atoms with Gasteiger partial charge in [-0.1, -0.05) is 12.1 Å². The van der Waals surface area contributed by atoms with Gasteiger partial charge in [0.15, 0.2) is 0 Å². The summed E-state index contributed by atoms with van der Waals surface area (Å²) in [6.07, 6.45) is 0. The van der Waals surface area contributed by atoms with E-state index in [0.717, 1.165) is 0 Å². The van der Waals surface area contributed by atoms with Gasteiger partial charge in [0, 0.05) is 0 Å². The van der Waals surface area contributed by atoms with Gasteiger partial charge in [-0.2, -0.15) is 0 Å². The molecule has 80 valence electrons. The monoisotopic (exact) mass is 207 g/mol. The summed E-state index contributed by atoms with van der Waals surface area (Å²) in [5, 5.41) is 18.7. The average molecular weight is 207 g/mol. The highest BCUT2D eigenvalue weighted by atomic mass is 16.5. The summed E-state index contributed by atoms with van der Waals surface area (Å²) in [5.41, 5.74) is -0.0212. The van der Waals surface area contributed by atoms with Crippen molar-refractivity contribution in [3.8, 4) is 5.75 Å². The molecule has 1 aromatic carbocycles. The molecule has 0 radical (unpaired) electrons. The maximum absolute atomic E-state index is 9.59. The van der Waals surface area contributed by atoms with E-state index in [1.54, 1.807) is 31.2 Å². The van der Waals surface area contributed by atoms with Gasteiger partial charge in [-0.05, 0) is 19.1 Å². The molecule has 1 aromatic rings. The van der Waals surface area contributed by atoms with E-state index in [9.17, 15) is 5.11 Å². The molecule has 0 fully saturated rings. The SMILES string of the molecule is CC1(CO)COC(c2ccccc2O)=N1. The second-order valence-electron chi connectivity index (χ2n) is 3.88. The zero-order valence-electron chi connectivity index (χ0n) is 8.47. The second-order valence-corrected chi connectivity index (χ2v) is 3.88. The van der Waals surface area contributed by atoms with Crippen molar-refractivity contribution in [3.05, 3.63) is 29.8 Å². The number of ether oxygens (including phenoxy) is 1. The summed E-state index contributed by atoms with van der Waals surface area (Å²) in [4.78, 5) is 4.25. The fourth-order valence-electron chi connectivity index (χ4n) is 1.41. The Labute approximate surface area is 87.8 Å². The number of aromatic hydroxyl groups is 1. The van der Waals surface area contributed by atoms with Crippen molar-refractivity contribution in [1.29, 1.82) is 0 Å². The first-order valence-corrected chi connectivity index (χ1v) is 4.76. The van der Waals surface area contributed by atoms with Crippen molar-refractivity contribution >= 4 is 5.90 Å². The first-order valence-electron chi connectivity index (χ1n) is 4.76. The van der Waals surface area contributed by atoms with Gasteiger partial charge in [0.1, 0.15) is 17.9 Å². The Kier molecular flexibility index (Phi) is 2.36. The van der Waals surface area contributed by atoms with Crippen LogP contribution in [-0.2, 0) is 4.74 Å². The Balaban J connectivity index is 2.35. The van der Waals surface area contributed by atoms with Crippen LogP contribution in [0.1, 0.15) is 12.5 Å². The molecule has 0 spiro atoms. The van der Waals surface area contributed by atoms with Gasteiger partial charge in [0.2, 0.25) is 5.90 Å². The highest BCUT2D eigenvalue weighted by Gasteiger charge is 2.32. The second kappa shape index (κ2) is 3.55. The highest BCUT2D eigenvalue weighted by molar-refractivity contribution is 5.97. The van der Waals surface area contributed by atoms with Gasteiger partial charge >= 0.3 is 0 Å². The van der Waals surface area contributed by atoms with E-state index in [-0.39, 0.29) is 12.4 Å². The van der Waals surface area contributed by atoms with E-state index in [0.29, 0.717) is 18.1 Å². The molecule has 1 heterocycles. The van der Waals surface area contributed by atoms with Gasteiger partial charge in [-0.25, -0.2) is 4.99 Å². The molecule has 0 bridgehead atoms. The molecule has 4 heteroatoms. The summed E-state index contributed by atoms with van der Waals surface area (Å²) >= 11 is 0. The molecule has 0 aromatic heterocycles. The highest BCUT2D eigenvalue weighted by Crippen LogP contribution is 2.25. The number of para-hydroxylation sites is 1. The molecule has 0 aliphatic carbocycles. The van der Waals surface area contributed by atoms with Gasteiger partial charge in [0.05, 0.1) is 12.2 Å². The molecule has 1 unspecified atom stereocenters. The minimum atomic E-state index is -0.586. The summed E-state index contributed by atoms with van der Waals surface area (Å²) in [7, 11) is 0. The molecule has 0 saturated heterocycles. The molecule has 0 amide bonds. The third kappa shape index (κ3) is 1.80. The van der Waals surface area contributed by atoms with Crippen molar-refractivity contribution in [2.24, 2.45) is 4.99 Å². The quantitative estimate of drug-likeness (QED) is 0.758. The topological polar surface area (TPSA) is 62.0 Å². The lowest BCUT2D eigenvalue weighted by molar-refractivity contribution is 0.170. The number of benzene rings is 1. The van der Waals surface area contributed by atoms with E-state index < -0.39 is 5.54 Å². The van der Waals surface area contributed by atoms with Crippen LogP contribution in [0.25, 0.3) is 0 Å².